The molecule has 1 aliphatic heterocycles. The van der Waals surface area contributed by atoms with Crippen molar-refractivity contribution in [1.82, 2.24) is 4.31 Å². The van der Waals surface area contributed by atoms with Crippen molar-refractivity contribution < 1.29 is 12.8 Å². The van der Waals surface area contributed by atoms with Gasteiger partial charge in [-0.05, 0) is 51.3 Å². The van der Waals surface area contributed by atoms with E-state index in [4.69, 9.17) is 5.73 Å². The fourth-order valence-corrected chi connectivity index (χ4v) is 5.06. The number of nitrogens with two attached hydrogens (primary N) is 1. The van der Waals surface area contributed by atoms with Gasteiger partial charge in [-0.25, -0.2) is 12.8 Å². The molecular formula is C14H21FN2O2S. The van der Waals surface area contributed by atoms with Crippen molar-refractivity contribution in [2.24, 2.45) is 0 Å². The zero-order valence-corrected chi connectivity index (χ0v) is 12.9. The van der Waals surface area contributed by atoms with Crippen molar-refractivity contribution in [2.45, 2.75) is 57.0 Å². The molecule has 1 saturated heterocycles. The number of piperidine rings is 1. The summed E-state index contributed by atoms with van der Waals surface area (Å²) in [7, 11) is -3.64. The Morgan fingerprint density at radius 2 is 1.80 bits per heavy atom. The van der Waals surface area contributed by atoms with Crippen LogP contribution in [0.25, 0.3) is 0 Å². The highest BCUT2D eigenvalue weighted by molar-refractivity contribution is 7.89. The molecule has 1 heterocycles. The predicted molar refractivity (Wildman–Crippen MR) is 77.3 cm³/mol. The Labute approximate surface area is 119 Å². The number of sulfonamides is 1. The molecular weight excluding hydrogens is 279 g/mol. The first-order chi connectivity index (χ1) is 9.25. The molecule has 1 aliphatic rings. The normalized spacial score (nSPS) is 24.8. The van der Waals surface area contributed by atoms with E-state index >= 15 is 0 Å². The maximum Gasteiger partial charge on any atom is 0.243 e. The van der Waals surface area contributed by atoms with E-state index in [1.54, 1.807) is 6.92 Å². The largest absolute Gasteiger partial charge is 0.396 e. The predicted octanol–water partition coefficient (Wildman–Crippen LogP) is 2.67. The van der Waals surface area contributed by atoms with E-state index in [-0.39, 0.29) is 22.7 Å². The van der Waals surface area contributed by atoms with Crippen LogP contribution in [0, 0.1) is 12.7 Å². The minimum absolute atomic E-state index is 0.0468. The molecule has 20 heavy (non-hydrogen) atoms. The maximum atomic E-state index is 13.4. The fraction of sp³-hybridized carbons (Fsp3) is 0.571. The average Bonchev–Trinajstić information content (AvgIpc) is 2.33. The first kappa shape index (κ1) is 15.3. The summed E-state index contributed by atoms with van der Waals surface area (Å²) in [6.07, 6.45) is 2.72. The van der Waals surface area contributed by atoms with Crippen LogP contribution in [-0.4, -0.2) is 24.8 Å². The van der Waals surface area contributed by atoms with Crippen LogP contribution in [-0.2, 0) is 10.0 Å². The number of hydrogen-bond acceptors (Lipinski definition) is 3. The molecule has 1 aromatic rings. The van der Waals surface area contributed by atoms with Gasteiger partial charge in [-0.15, -0.1) is 0 Å². The fourth-order valence-electron chi connectivity index (χ4n) is 2.93. The van der Waals surface area contributed by atoms with Gasteiger partial charge in [0.15, 0.2) is 0 Å². The van der Waals surface area contributed by atoms with Gasteiger partial charge in [-0.3, -0.25) is 0 Å². The van der Waals surface area contributed by atoms with Gasteiger partial charge >= 0.3 is 0 Å². The summed E-state index contributed by atoms with van der Waals surface area (Å²) >= 11 is 0. The molecule has 0 amide bonds. The van der Waals surface area contributed by atoms with Gasteiger partial charge < -0.3 is 5.73 Å². The van der Waals surface area contributed by atoms with Gasteiger partial charge in [0, 0.05) is 12.1 Å². The lowest BCUT2D eigenvalue weighted by Crippen LogP contribution is -2.47. The monoisotopic (exact) mass is 300 g/mol. The Balaban J connectivity index is 2.52. The third-order valence-corrected chi connectivity index (χ3v) is 6.23. The molecule has 0 bridgehead atoms. The van der Waals surface area contributed by atoms with E-state index < -0.39 is 15.8 Å². The van der Waals surface area contributed by atoms with Crippen LogP contribution in [0.15, 0.2) is 17.0 Å². The van der Waals surface area contributed by atoms with E-state index in [9.17, 15) is 12.8 Å². The smallest absolute Gasteiger partial charge is 0.243 e. The molecule has 1 fully saturated rings. The zero-order chi connectivity index (χ0) is 15.1. The van der Waals surface area contributed by atoms with Gasteiger partial charge in [0.25, 0.3) is 0 Å². The number of anilines is 1. The van der Waals surface area contributed by atoms with E-state index in [1.165, 1.54) is 16.4 Å². The lowest BCUT2D eigenvalue weighted by Gasteiger charge is -2.38. The summed E-state index contributed by atoms with van der Waals surface area (Å²) in [6, 6.07) is 2.32. The SMILES string of the molecule is Cc1cc(F)c(N)cc1S(=O)(=O)N1[C@H](C)CCC[C@@H]1C. The molecule has 4 nitrogen and oxygen atoms in total. The minimum Gasteiger partial charge on any atom is -0.396 e. The second-order valence-electron chi connectivity index (χ2n) is 5.60. The van der Waals surface area contributed by atoms with Crippen molar-refractivity contribution in [2.75, 3.05) is 5.73 Å². The van der Waals surface area contributed by atoms with E-state index in [0.717, 1.165) is 19.3 Å². The second-order valence-corrected chi connectivity index (χ2v) is 7.41. The van der Waals surface area contributed by atoms with Crippen LogP contribution >= 0.6 is 0 Å². The molecule has 112 valence electrons. The number of benzene rings is 1. The summed E-state index contributed by atoms with van der Waals surface area (Å²) in [4.78, 5) is 0.108. The molecule has 6 heteroatoms. The van der Waals surface area contributed by atoms with Crippen LogP contribution in [0.5, 0.6) is 0 Å². The van der Waals surface area contributed by atoms with Crippen LogP contribution in [0.3, 0.4) is 0 Å². The minimum atomic E-state index is -3.64. The number of hydrogen-bond donors (Lipinski definition) is 1. The number of halogens is 1. The van der Waals surface area contributed by atoms with E-state index in [1.807, 2.05) is 13.8 Å². The molecule has 0 aromatic heterocycles. The van der Waals surface area contributed by atoms with Crippen LogP contribution < -0.4 is 5.73 Å². The van der Waals surface area contributed by atoms with E-state index in [0.29, 0.717) is 5.56 Å². The highest BCUT2D eigenvalue weighted by Crippen LogP contribution is 2.32. The lowest BCUT2D eigenvalue weighted by atomic mass is 10.0. The molecule has 0 unspecified atom stereocenters. The van der Waals surface area contributed by atoms with E-state index in [2.05, 4.69) is 0 Å². The Hall–Kier alpha value is -1.14. The van der Waals surface area contributed by atoms with Gasteiger partial charge in [0.1, 0.15) is 5.82 Å². The molecule has 2 atom stereocenters. The number of nitrogens with zero attached hydrogens (tertiary/aromatic N) is 1. The highest BCUT2D eigenvalue weighted by atomic mass is 32.2. The quantitative estimate of drug-likeness (QED) is 0.854. The summed E-state index contributed by atoms with van der Waals surface area (Å²) in [5.41, 5.74) is 5.78. The molecule has 2 N–H and O–H groups in total. The molecule has 0 radical (unpaired) electrons. The Bertz CT molecular complexity index is 606. The van der Waals surface area contributed by atoms with Crippen molar-refractivity contribution in [3.05, 3.63) is 23.5 Å². The summed E-state index contributed by atoms with van der Waals surface area (Å²) in [5.74, 6) is -0.582. The highest BCUT2D eigenvalue weighted by Gasteiger charge is 2.36. The summed E-state index contributed by atoms with van der Waals surface area (Å²) in [5, 5.41) is 0. The van der Waals surface area contributed by atoms with Gasteiger partial charge in [0.05, 0.1) is 10.6 Å². The Kier molecular flexibility index (Phi) is 4.07. The topological polar surface area (TPSA) is 63.4 Å². The first-order valence-corrected chi connectivity index (χ1v) is 8.28. The van der Waals surface area contributed by atoms with Gasteiger partial charge in [0.2, 0.25) is 10.0 Å². The molecule has 1 aromatic carbocycles. The van der Waals surface area contributed by atoms with Gasteiger partial charge in [-0.1, -0.05) is 6.42 Å². The molecule has 0 spiro atoms. The Morgan fingerprint density at radius 3 is 2.35 bits per heavy atom. The second kappa shape index (κ2) is 5.33. The Morgan fingerprint density at radius 1 is 1.25 bits per heavy atom. The number of aryl methyl sites for hydroxylation is 1. The van der Waals surface area contributed by atoms with Crippen LogP contribution in [0.1, 0.15) is 38.7 Å². The molecule has 0 aliphatic carbocycles. The number of nitrogen functional groups attached to an aromatic ring is 1. The molecule has 0 saturated carbocycles. The maximum absolute atomic E-state index is 13.4. The standard InChI is InChI=1S/C14H21FN2O2S/c1-9-7-12(15)13(16)8-14(9)20(18,19)17-10(2)5-4-6-11(17)3/h7-8,10-11H,4-6,16H2,1-3H3/t10-,11+. The third-order valence-electron chi connectivity index (χ3n) is 3.96. The lowest BCUT2D eigenvalue weighted by molar-refractivity contribution is 0.204. The average molecular weight is 300 g/mol. The van der Waals surface area contributed by atoms with Crippen LogP contribution in [0.2, 0.25) is 0 Å². The third kappa shape index (κ3) is 2.54. The number of rotatable bonds is 2. The zero-order valence-electron chi connectivity index (χ0n) is 12.1. The van der Waals surface area contributed by atoms with Crippen molar-refractivity contribution in [3.8, 4) is 0 Å². The van der Waals surface area contributed by atoms with Crippen molar-refractivity contribution >= 4 is 15.7 Å². The van der Waals surface area contributed by atoms with Crippen molar-refractivity contribution in [3.63, 3.8) is 0 Å². The van der Waals surface area contributed by atoms with Crippen LogP contribution in [0.4, 0.5) is 10.1 Å². The van der Waals surface area contributed by atoms with Gasteiger partial charge in [-0.2, -0.15) is 4.31 Å². The summed E-state index contributed by atoms with van der Waals surface area (Å²) in [6.45, 7) is 5.42. The molecule has 2 rings (SSSR count). The van der Waals surface area contributed by atoms with Crippen molar-refractivity contribution in [1.29, 1.82) is 0 Å². The first-order valence-electron chi connectivity index (χ1n) is 6.84. The summed E-state index contributed by atoms with van der Waals surface area (Å²) < 4.78 is 40.6.